The van der Waals surface area contributed by atoms with E-state index in [4.69, 9.17) is 0 Å². The number of halogens is 1. The molecular weight excluding hydrogens is 241 g/mol. The molecule has 2 aromatic rings. The highest BCUT2D eigenvalue weighted by molar-refractivity contribution is 5.99. The lowest BCUT2D eigenvalue weighted by Crippen LogP contribution is -2.26. The van der Waals surface area contributed by atoms with Crippen LogP contribution < -0.4 is 4.90 Å². The van der Waals surface area contributed by atoms with E-state index in [1.165, 1.54) is 12.1 Å². The first-order valence-corrected chi connectivity index (χ1v) is 6.13. The maximum Gasteiger partial charge on any atom is 0.185 e. The van der Waals surface area contributed by atoms with Gasteiger partial charge < -0.3 is 4.90 Å². The molecule has 0 spiro atoms. The van der Waals surface area contributed by atoms with Crippen LogP contribution in [0.1, 0.15) is 15.9 Å². The summed E-state index contributed by atoms with van der Waals surface area (Å²) in [6.45, 7) is 2.16. The van der Waals surface area contributed by atoms with E-state index < -0.39 is 5.82 Å². The molecule has 0 saturated carbocycles. The summed E-state index contributed by atoms with van der Waals surface area (Å²) in [5, 5.41) is 0. The van der Waals surface area contributed by atoms with Gasteiger partial charge in [-0.1, -0.05) is 29.8 Å². The van der Waals surface area contributed by atoms with Crippen LogP contribution in [0, 0.1) is 12.7 Å². The van der Waals surface area contributed by atoms with Crippen LogP contribution in [0.15, 0.2) is 48.5 Å². The van der Waals surface area contributed by atoms with Crippen molar-refractivity contribution in [3.05, 3.63) is 65.5 Å². The lowest BCUT2D eigenvalue weighted by atomic mass is 10.1. The Morgan fingerprint density at radius 3 is 2.37 bits per heavy atom. The van der Waals surface area contributed by atoms with Crippen LogP contribution in [-0.4, -0.2) is 19.4 Å². The Kier molecular flexibility index (Phi) is 3.95. The average Bonchev–Trinajstić information content (AvgIpc) is 2.39. The molecule has 2 aromatic carbocycles. The van der Waals surface area contributed by atoms with Crippen molar-refractivity contribution in [1.29, 1.82) is 0 Å². The van der Waals surface area contributed by atoms with Gasteiger partial charge in [-0.3, -0.25) is 4.79 Å². The van der Waals surface area contributed by atoms with E-state index in [1.807, 2.05) is 43.1 Å². The summed E-state index contributed by atoms with van der Waals surface area (Å²) in [4.78, 5) is 13.8. The predicted octanol–water partition coefficient (Wildman–Crippen LogP) is 3.45. The minimum absolute atomic E-state index is 0.140. The van der Waals surface area contributed by atoms with Crippen molar-refractivity contribution in [2.75, 3.05) is 18.5 Å². The summed E-state index contributed by atoms with van der Waals surface area (Å²) < 4.78 is 13.5. The summed E-state index contributed by atoms with van der Waals surface area (Å²) in [5.74, 6) is -0.689. The summed E-state index contributed by atoms with van der Waals surface area (Å²) in [6.07, 6.45) is 0. The molecule has 0 heterocycles. The molecule has 19 heavy (non-hydrogen) atoms. The molecule has 98 valence electrons. The number of rotatable bonds is 4. The molecule has 0 aromatic heterocycles. The summed E-state index contributed by atoms with van der Waals surface area (Å²) in [6, 6.07) is 13.9. The van der Waals surface area contributed by atoms with Gasteiger partial charge in [-0.15, -0.1) is 0 Å². The normalized spacial score (nSPS) is 10.3. The fourth-order valence-corrected chi connectivity index (χ4v) is 1.88. The van der Waals surface area contributed by atoms with Crippen LogP contribution in [0.3, 0.4) is 0 Å². The van der Waals surface area contributed by atoms with Gasteiger partial charge in [-0.25, -0.2) is 4.39 Å². The molecule has 2 nitrogen and oxygen atoms in total. The molecular formula is C16H16FNO. The summed E-state index contributed by atoms with van der Waals surface area (Å²) >= 11 is 0. The first-order valence-electron chi connectivity index (χ1n) is 6.13. The minimum Gasteiger partial charge on any atom is -0.367 e. The van der Waals surface area contributed by atoms with Crippen LogP contribution in [0.25, 0.3) is 0 Å². The second kappa shape index (κ2) is 5.65. The third-order valence-electron chi connectivity index (χ3n) is 3.03. The van der Waals surface area contributed by atoms with Crippen molar-refractivity contribution in [3.8, 4) is 0 Å². The topological polar surface area (TPSA) is 20.3 Å². The first kappa shape index (κ1) is 13.3. The monoisotopic (exact) mass is 257 g/mol. The molecule has 0 bridgehead atoms. The SMILES string of the molecule is Cc1ccc(N(C)CC(=O)c2ccccc2F)cc1. The van der Waals surface area contributed by atoms with Gasteiger partial charge in [0.2, 0.25) is 0 Å². The van der Waals surface area contributed by atoms with E-state index in [1.54, 1.807) is 12.1 Å². The predicted molar refractivity (Wildman–Crippen MR) is 75.2 cm³/mol. The molecule has 2 rings (SSSR count). The third-order valence-corrected chi connectivity index (χ3v) is 3.03. The number of likely N-dealkylation sites (N-methyl/N-ethyl adjacent to an activating group) is 1. The molecule has 3 heteroatoms. The fraction of sp³-hybridized carbons (Fsp3) is 0.188. The number of nitrogens with zero attached hydrogens (tertiary/aromatic N) is 1. The second-order valence-corrected chi connectivity index (χ2v) is 4.59. The van der Waals surface area contributed by atoms with Gasteiger partial charge in [0.1, 0.15) is 5.82 Å². The maximum absolute atomic E-state index is 13.5. The van der Waals surface area contributed by atoms with Gasteiger partial charge in [0, 0.05) is 12.7 Å². The van der Waals surface area contributed by atoms with Gasteiger partial charge in [-0.05, 0) is 31.2 Å². The van der Waals surface area contributed by atoms with Crippen molar-refractivity contribution in [2.24, 2.45) is 0 Å². The number of ketones is 1. The largest absolute Gasteiger partial charge is 0.367 e. The molecule has 0 amide bonds. The highest BCUT2D eigenvalue weighted by Crippen LogP contribution is 2.15. The van der Waals surface area contributed by atoms with Gasteiger partial charge >= 0.3 is 0 Å². The summed E-state index contributed by atoms with van der Waals surface area (Å²) in [7, 11) is 1.82. The first-order chi connectivity index (χ1) is 9.08. The fourth-order valence-electron chi connectivity index (χ4n) is 1.88. The van der Waals surface area contributed by atoms with Crippen molar-refractivity contribution < 1.29 is 9.18 Å². The van der Waals surface area contributed by atoms with Crippen molar-refractivity contribution in [2.45, 2.75) is 6.92 Å². The van der Waals surface area contributed by atoms with Gasteiger partial charge in [-0.2, -0.15) is 0 Å². The second-order valence-electron chi connectivity index (χ2n) is 4.59. The number of benzene rings is 2. The Labute approximate surface area is 112 Å². The average molecular weight is 257 g/mol. The Morgan fingerprint density at radius 1 is 1.11 bits per heavy atom. The Morgan fingerprint density at radius 2 is 1.74 bits per heavy atom. The van der Waals surface area contributed by atoms with E-state index >= 15 is 0 Å². The Bertz CT molecular complexity index is 578. The molecule has 0 aliphatic carbocycles. The van der Waals surface area contributed by atoms with Gasteiger partial charge in [0.15, 0.2) is 5.78 Å². The molecule has 0 saturated heterocycles. The van der Waals surface area contributed by atoms with E-state index in [9.17, 15) is 9.18 Å². The molecule has 0 aliphatic heterocycles. The zero-order chi connectivity index (χ0) is 13.8. The van der Waals surface area contributed by atoms with Gasteiger partial charge in [0.05, 0.1) is 12.1 Å². The van der Waals surface area contributed by atoms with Gasteiger partial charge in [0.25, 0.3) is 0 Å². The van der Waals surface area contributed by atoms with Crippen LogP contribution in [-0.2, 0) is 0 Å². The van der Waals surface area contributed by atoms with E-state index in [0.29, 0.717) is 0 Å². The quantitative estimate of drug-likeness (QED) is 0.782. The van der Waals surface area contributed by atoms with Crippen LogP contribution in [0.5, 0.6) is 0 Å². The molecule has 0 radical (unpaired) electrons. The number of carbonyl (C=O) groups is 1. The highest BCUT2D eigenvalue weighted by atomic mass is 19.1. The summed E-state index contributed by atoms with van der Waals surface area (Å²) in [5.41, 5.74) is 2.24. The molecule has 0 unspecified atom stereocenters. The lowest BCUT2D eigenvalue weighted by molar-refractivity contribution is 0.0996. The zero-order valence-electron chi connectivity index (χ0n) is 11.1. The van der Waals surface area contributed by atoms with Crippen molar-refractivity contribution >= 4 is 11.5 Å². The minimum atomic E-state index is -0.468. The maximum atomic E-state index is 13.5. The Hall–Kier alpha value is -2.16. The standard InChI is InChI=1S/C16H16FNO/c1-12-7-9-13(10-8-12)18(2)11-16(19)14-5-3-4-6-15(14)17/h3-10H,11H2,1-2H3. The molecule has 0 atom stereocenters. The smallest absolute Gasteiger partial charge is 0.185 e. The van der Waals surface area contributed by atoms with E-state index in [-0.39, 0.29) is 17.9 Å². The van der Waals surface area contributed by atoms with Crippen LogP contribution in [0.4, 0.5) is 10.1 Å². The van der Waals surface area contributed by atoms with Crippen LogP contribution in [0.2, 0.25) is 0 Å². The van der Waals surface area contributed by atoms with Crippen molar-refractivity contribution in [3.63, 3.8) is 0 Å². The number of hydrogen-bond donors (Lipinski definition) is 0. The molecule has 0 aliphatic rings. The number of Topliss-reactive ketones (excluding diaryl/α,β-unsaturated/α-hetero) is 1. The molecule has 0 fully saturated rings. The number of anilines is 1. The number of aryl methyl sites for hydroxylation is 1. The number of hydrogen-bond acceptors (Lipinski definition) is 2. The van der Waals surface area contributed by atoms with E-state index in [2.05, 4.69) is 0 Å². The third kappa shape index (κ3) is 3.19. The van der Waals surface area contributed by atoms with Crippen molar-refractivity contribution in [1.82, 2.24) is 0 Å². The number of carbonyl (C=O) groups excluding carboxylic acids is 1. The molecule has 0 N–H and O–H groups in total. The highest BCUT2D eigenvalue weighted by Gasteiger charge is 2.13. The van der Waals surface area contributed by atoms with E-state index in [0.717, 1.165) is 11.3 Å². The van der Waals surface area contributed by atoms with Crippen LogP contribution >= 0.6 is 0 Å². The lowest BCUT2D eigenvalue weighted by Gasteiger charge is -2.18. The Balaban J connectivity index is 2.11. The zero-order valence-corrected chi connectivity index (χ0v) is 11.1.